The Hall–Kier alpha value is -0.240. The van der Waals surface area contributed by atoms with E-state index >= 15 is 0 Å². The molecule has 0 amide bonds. The van der Waals surface area contributed by atoms with Gasteiger partial charge in [0.25, 0.3) is 0 Å². The van der Waals surface area contributed by atoms with Crippen molar-refractivity contribution in [2.24, 2.45) is 0 Å². The van der Waals surface area contributed by atoms with Crippen LogP contribution in [0.1, 0.15) is 68.2 Å². The van der Waals surface area contributed by atoms with Gasteiger partial charge in [-0.15, -0.1) is 0 Å². The third kappa shape index (κ3) is 11.3. The molecule has 0 bridgehead atoms. The second-order valence-corrected chi connectivity index (χ2v) is 6.77. The molecule has 0 aromatic rings. The third-order valence-electron chi connectivity index (χ3n) is 3.22. The molecule has 0 saturated carbocycles. The third-order valence-corrected chi connectivity index (χ3v) is 3.22. The standard InChI is InChI=1S/C18H38O6/c1-9-19-15(20-10-2)13-17(5,6)23-24-18(7,8)14-16(21-11-3)22-12-4/h15-16H,9-14H2,1-8H3. The lowest BCUT2D eigenvalue weighted by molar-refractivity contribution is -0.413. The molecule has 0 spiro atoms. The predicted octanol–water partition coefficient (Wildman–Crippen LogP) is 4.07. The van der Waals surface area contributed by atoms with Gasteiger partial charge in [0, 0.05) is 39.3 Å². The summed E-state index contributed by atoms with van der Waals surface area (Å²) in [5.41, 5.74) is -1.09. The summed E-state index contributed by atoms with van der Waals surface area (Å²) in [4.78, 5) is 11.4. The second-order valence-electron chi connectivity index (χ2n) is 6.77. The fourth-order valence-corrected chi connectivity index (χ4v) is 2.17. The van der Waals surface area contributed by atoms with Crippen molar-refractivity contribution in [3.8, 4) is 0 Å². The molecular weight excluding hydrogens is 312 g/mol. The molecule has 0 unspecified atom stereocenters. The SMILES string of the molecule is CCOC(CC(C)(C)OOC(C)(C)CC(OCC)OCC)OCC. The lowest BCUT2D eigenvalue weighted by Crippen LogP contribution is -2.39. The molecule has 146 valence electrons. The van der Waals surface area contributed by atoms with Crippen LogP contribution in [-0.2, 0) is 28.7 Å². The molecule has 24 heavy (non-hydrogen) atoms. The van der Waals surface area contributed by atoms with Crippen LogP contribution in [0.25, 0.3) is 0 Å². The molecule has 6 heteroatoms. The van der Waals surface area contributed by atoms with Crippen molar-refractivity contribution in [1.29, 1.82) is 0 Å². The average Bonchev–Trinajstić information content (AvgIpc) is 2.46. The van der Waals surface area contributed by atoms with Crippen molar-refractivity contribution in [1.82, 2.24) is 0 Å². The highest BCUT2D eigenvalue weighted by Crippen LogP contribution is 2.26. The van der Waals surface area contributed by atoms with Crippen LogP contribution in [0.3, 0.4) is 0 Å². The van der Waals surface area contributed by atoms with Crippen LogP contribution in [0.5, 0.6) is 0 Å². The zero-order chi connectivity index (χ0) is 18.6. The maximum Gasteiger partial charge on any atom is 0.160 e. The number of hydrogen-bond acceptors (Lipinski definition) is 6. The van der Waals surface area contributed by atoms with Gasteiger partial charge in [-0.05, 0) is 55.4 Å². The Morgan fingerprint density at radius 3 is 1.00 bits per heavy atom. The summed E-state index contributed by atoms with van der Waals surface area (Å²) < 4.78 is 22.3. The topological polar surface area (TPSA) is 55.4 Å². The Morgan fingerprint density at radius 2 is 0.792 bits per heavy atom. The Kier molecular flexibility index (Phi) is 12.0. The van der Waals surface area contributed by atoms with Crippen LogP contribution in [0.2, 0.25) is 0 Å². The lowest BCUT2D eigenvalue weighted by Gasteiger charge is -2.34. The smallest absolute Gasteiger partial charge is 0.160 e. The van der Waals surface area contributed by atoms with E-state index in [1.54, 1.807) is 0 Å². The van der Waals surface area contributed by atoms with E-state index in [9.17, 15) is 0 Å². The summed E-state index contributed by atoms with van der Waals surface area (Å²) in [6.07, 6.45) is 0.540. The summed E-state index contributed by atoms with van der Waals surface area (Å²) in [7, 11) is 0. The number of hydrogen-bond donors (Lipinski definition) is 0. The van der Waals surface area contributed by atoms with Gasteiger partial charge in [0.15, 0.2) is 12.6 Å². The molecule has 0 aliphatic carbocycles. The van der Waals surface area contributed by atoms with Crippen LogP contribution in [-0.4, -0.2) is 50.2 Å². The van der Waals surface area contributed by atoms with Crippen LogP contribution in [0, 0.1) is 0 Å². The van der Waals surface area contributed by atoms with E-state index in [1.165, 1.54) is 0 Å². The first kappa shape index (κ1) is 23.8. The zero-order valence-corrected chi connectivity index (χ0v) is 16.8. The normalized spacial score (nSPS) is 13.2. The van der Waals surface area contributed by atoms with Gasteiger partial charge in [0.1, 0.15) is 11.2 Å². The molecule has 0 rings (SSSR count). The van der Waals surface area contributed by atoms with Crippen molar-refractivity contribution < 1.29 is 28.7 Å². The summed E-state index contributed by atoms with van der Waals surface area (Å²) in [5, 5.41) is 0. The molecule has 0 aliphatic rings. The monoisotopic (exact) mass is 350 g/mol. The zero-order valence-electron chi connectivity index (χ0n) is 16.8. The van der Waals surface area contributed by atoms with Crippen LogP contribution < -0.4 is 0 Å². The summed E-state index contributed by atoms with van der Waals surface area (Å²) in [6.45, 7) is 18.0. The van der Waals surface area contributed by atoms with E-state index in [4.69, 9.17) is 28.7 Å². The van der Waals surface area contributed by atoms with Gasteiger partial charge >= 0.3 is 0 Å². The van der Waals surface area contributed by atoms with E-state index in [-0.39, 0.29) is 12.6 Å². The van der Waals surface area contributed by atoms with Crippen molar-refractivity contribution in [3.63, 3.8) is 0 Å². The van der Waals surface area contributed by atoms with Gasteiger partial charge in [-0.1, -0.05) is 0 Å². The summed E-state index contributed by atoms with van der Waals surface area (Å²) in [6, 6.07) is 0. The second kappa shape index (κ2) is 12.2. The lowest BCUT2D eigenvalue weighted by atomic mass is 10.0. The molecule has 0 atom stereocenters. The molecule has 0 heterocycles. The van der Waals surface area contributed by atoms with E-state index in [2.05, 4.69) is 0 Å². The van der Waals surface area contributed by atoms with Crippen molar-refractivity contribution >= 4 is 0 Å². The van der Waals surface area contributed by atoms with Crippen molar-refractivity contribution in [2.75, 3.05) is 26.4 Å². The Labute approximate surface area is 148 Å². The highest BCUT2D eigenvalue weighted by molar-refractivity contribution is 4.72. The van der Waals surface area contributed by atoms with E-state index in [0.29, 0.717) is 39.3 Å². The van der Waals surface area contributed by atoms with E-state index in [0.717, 1.165) is 0 Å². The van der Waals surface area contributed by atoms with Gasteiger partial charge in [-0.25, -0.2) is 9.78 Å². The largest absolute Gasteiger partial charge is 0.353 e. The maximum atomic E-state index is 5.70. The Morgan fingerprint density at radius 1 is 0.542 bits per heavy atom. The molecule has 0 N–H and O–H groups in total. The van der Waals surface area contributed by atoms with Gasteiger partial charge in [0.05, 0.1) is 0 Å². The van der Waals surface area contributed by atoms with Crippen LogP contribution >= 0.6 is 0 Å². The van der Waals surface area contributed by atoms with Crippen molar-refractivity contribution in [3.05, 3.63) is 0 Å². The average molecular weight is 350 g/mol. The van der Waals surface area contributed by atoms with E-state index < -0.39 is 11.2 Å². The molecular formula is C18H38O6. The van der Waals surface area contributed by atoms with Gasteiger partial charge in [-0.3, -0.25) is 0 Å². The first-order valence-electron chi connectivity index (χ1n) is 9.02. The van der Waals surface area contributed by atoms with Crippen molar-refractivity contribution in [2.45, 2.75) is 92.0 Å². The molecule has 6 nitrogen and oxygen atoms in total. The fraction of sp³-hybridized carbons (Fsp3) is 1.00. The molecule has 0 fully saturated rings. The van der Waals surface area contributed by atoms with Gasteiger partial charge < -0.3 is 18.9 Å². The highest BCUT2D eigenvalue weighted by Gasteiger charge is 2.32. The molecule has 0 aromatic carbocycles. The minimum absolute atomic E-state index is 0.304. The van der Waals surface area contributed by atoms with Crippen LogP contribution in [0.4, 0.5) is 0 Å². The first-order chi connectivity index (χ1) is 11.2. The van der Waals surface area contributed by atoms with Gasteiger partial charge in [-0.2, -0.15) is 0 Å². The first-order valence-corrected chi connectivity index (χ1v) is 9.02. The van der Waals surface area contributed by atoms with E-state index in [1.807, 2.05) is 55.4 Å². The molecule has 0 saturated heterocycles. The maximum absolute atomic E-state index is 5.70. The number of ether oxygens (including phenoxy) is 4. The molecule has 0 aliphatic heterocycles. The minimum atomic E-state index is -0.543. The summed E-state index contributed by atoms with van der Waals surface area (Å²) in [5.74, 6) is 0. The molecule has 0 aromatic heterocycles. The highest BCUT2D eigenvalue weighted by atomic mass is 17.2. The Balaban J connectivity index is 4.52. The molecule has 0 radical (unpaired) electrons. The van der Waals surface area contributed by atoms with Gasteiger partial charge in [0.2, 0.25) is 0 Å². The summed E-state index contributed by atoms with van der Waals surface area (Å²) >= 11 is 0. The van der Waals surface area contributed by atoms with Crippen LogP contribution in [0.15, 0.2) is 0 Å². The quantitative estimate of drug-likeness (QED) is 0.252. The number of rotatable bonds is 15. The minimum Gasteiger partial charge on any atom is -0.353 e. The Bertz CT molecular complexity index is 264. The predicted molar refractivity (Wildman–Crippen MR) is 93.6 cm³/mol. The fourth-order valence-electron chi connectivity index (χ4n) is 2.17.